The van der Waals surface area contributed by atoms with Crippen LogP contribution in [0, 0.1) is 0 Å². The van der Waals surface area contributed by atoms with Gasteiger partial charge in [0.25, 0.3) is 5.91 Å². The van der Waals surface area contributed by atoms with Gasteiger partial charge in [-0.05, 0) is 31.0 Å². The van der Waals surface area contributed by atoms with Crippen molar-refractivity contribution in [2.75, 3.05) is 20.3 Å². The molecule has 0 aromatic heterocycles. The molecule has 0 spiro atoms. The number of rotatable bonds is 6. The molecular weight excluding hydrogens is 286 g/mol. The van der Waals surface area contributed by atoms with Crippen molar-refractivity contribution in [3.05, 3.63) is 36.4 Å². The molecule has 0 radical (unpaired) electrons. The Hall–Kier alpha value is -2.50. The molecule has 6 nitrogen and oxygen atoms in total. The van der Waals surface area contributed by atoms with Gasteiger partial charge in [-0.2, -0.15) is 0 Å². The fourth-order valence-electron chi connectivity index (χ4n) is 2.50. The monoisotopic (exact) mass is 305 g/mol. The highest BCUT2D eigenvalue weighted by atomic mass is 16.5. The highest BCUT2D eigenvalue weighted by Gasteiger charge is 2.34. The topological polar surface area (TPSA) is 76.1 Å². The normalized spacial score (nSPS) is 17.1. The molecule has 1 aliphatic rings. The van der Waals surface area contributed by atoms with Crippen molar-refractivity contribution in [2.45, 2.75) is 18.9 Å². The average Bonchev–Trinajstić information content (AvgIpc) is 3.01. The summed E-state index contributed by atoms with van der Waals surface area (Å²) in [4.78, 5) is 25.1. The van der Waals surface area contributed by atoms with E-state index in [1.807, 2.05) is 0 Å². The van der Waals surface area contributed by atoms with Crippen LogP contribution in [0.2, 0.25) is 0 Å². The Morgan fingerprint density at radius 1 is 1.45 bits per heavy atom. The second-order valence-electron chi connectivity index (χ2n) is 4.96. The van der Waals surface area contributed by atoms with Gasteiger partial charge in [-0.15, -0.1) is 0 Å². The lowest BCUT2D eigenvalue weighted by atomic mass is 10.1. The van der Waals surface area contributed by atoms with E-state index in [4.69, 9.17) is 9.47 Å². The van der Waals surface area contributed by atoms with E-state index in [0.717, 1.165) is 0 Å². The molecule has 1 saturated heterocycles. The largest absolute Gasteiger partial charge is 0.493 e. The van der Waals surface area contributed by atoms with Crippen LogP contribution in [0.4, 0.5) is 0 Å². The number of methoxy groups -OCH3 is 1. The summed E-state index contributed by atoms with van der Waals surface area (Å²) in [6.07, 6.45) is 2.79. The van der Waals surface area contributed by atoms with Crippen LogP contribution in [0.1, 0.15) is 23.2 Å². The first-order valence-electron chi connectivity index (χ1n) is 7.04. The third kappa shape index (κ3) is 3.21. The van der Waals surface area contributed by atoms with Gasteiger partial charge in [-0.25, -0.2) is 4.79 Å². The molecule has 1 N–H and O–H groups in total. The number of carboxylic acids is 1. The Balaban J connectivity index is 2.22. The van der Waals surface area contributed by atoms with E-state index in [2.05, 4.69) is 6.58 Å². The van der Waals surface area contributed by atoms with Crippen LogP contribution in [0.15, 0.2) is 30.9 Å². The zero-order valence-corrected chi connectivity index (χ0v) is 12.4. The Morgan fingerprint density at radius 2 is 2.23 bits per heavy atom. The van der Waals surface area contributed by atoms with Gasteiger partial charge in [-0.3, -0.25) is 4.79 Å². The van der Waals surface area contributed by atoms with Crippen LogP contribution in [0.5, 0.6) is 11.5 Å². The van der Waals surface area contributed by atoms with E-state index >= 15 is 0 Å². The summed E-state index contributed by atoms with van der Waals surface area (Å²) in [6.45, 7) is 4.35. The summed E-state index contributed by atoms with van der Waals surface area (Å²) in [7, 11) is 1.49. The van der Waals surface area contributed by atoms with Gasteiger partial charge < -0.3 is 19.5 Å². The lowest BCUT2D eigenvalue weighted by molar-refractivity contribution is -0.141. The Morgan fingerprint density at radius 3 is 2.86 bits per heavy atom. The summed E-state index contributed by atoms with van der Waals surface area (Å²) < 4.78 is 10.7. The van der Waals surface area contributed by atoms with Crippen molar-refractivity contribution in [3.8, 4) is 11.5 Å². The van der Waals surface area contributed by atoms with Crippen molar-refractivity contribution in [2.24, 2.45) is 0 Å². The second kappa shape index (κ2) is 6.98. The molecular formula is C16H19NO5. The Bertz CT molecular complexity index is 584. The number of ether oxygens (including phenoxy) is 2. The van der Waals surface area contributed by atoms with Crippen LogP contribution in [0.25, 0.3) is 0 Å². The first-order valence-corrected chi connectivity index (χ1v) is 7.04. The first kappa shape index (κ1) is 15.9. The number of aliphatic carboxylic acids is 1. The van der Waals surface area contributed by atoms with Crippen molar-refractivity contribution >= 4 is 11.9 Å². The Kier molecular flexibility index (Phi) is 5.04. The van der Waals surface area contributed by atoms with Crippen molar-refractivity contribution in [3.63, 3.8) is 0 Å². The third-order valence-corrected chi connectivity index (χ3v) is 3.57. The SMILES string of the molecule is C=CCOc1ccc(C(=O)N2CCC[C@@H]2C(=O)O)cc1OC. The molecule has 0 saturated carbocycles. The lowest BCUT2D eigenvalue weighted by Gasteiger charge is -2.22. The number of amides is 1. The van der Waals surface area contributed by atoms with Crippen LogP contribution in [0.3, 0.4) is 0 Å². The zero-order valence-electron chi connectivity index (χ0n) is 12.4. The van der Waals surface area contributed by atoms with Crippen molar-refractivity contribution in [1.82, 2.24) is 4.90 Å². The molecule has 1 aliphatic heterocycles. The molecule has 1 heterocycles. The molecule has 0 aliphatic carbocycles. The summed E-state index contributed by atoms with van der Waals surface area (Å²) in [5, 5.41) is 9.17. The van der Waals surface area contributed by atoms with E-state index in [1.54, 1.807) is 24.3 Å². The van der Waals surface area contributed by atoms with Crippen molar-refractivity contribution < 1.29 is 24.2 Å². The summed E-state index contributed by atoms with van der Waals surface area (Å²) in [5.74, 6) is -0.337. The second-order valence-corrected chi connectivity index (χ2v) is 4.96. The number of carbonyl (C=O) groups is 2. The van der Waals surface area contributed by atoms with E-state index in [9.17, 15) is 14.7 Å². The molecule has 1 amide bonds. The number of hydrogen-bond acceptors (Lipinski definition) is 4. The number of nitrogens with zero attached hydrogens (tertiary/aromatic N) is 1. The molecule has 118 valence electrons. The van der Waals surface area contributed by atoms with Crippen LogP contribution in [-0.2, 0) is 4.79 Å². The van der Waals surface area contributed by atoms with Gasteiger partial charge in [0.05, 0.1) is 7.11 Å². The average molecular weight is 305 g/mol. The lowest BCUT2D eigenvalue weighted by Crippen LogP contribution is -2.40. The van der Waals surface area contributed by atoms with Crippen LogP contribution in [-0.4, -0.2) is 48.2 Å². The standard InChI is InChI=1S/C16H19NO5/c1-3-9-22-13-7-6-11(10-14(13)21-2)15(18)17-8-4-5-12(17)16(19)20/h3,6-7,10,12H,1,4-5,8-9H2,2H3,(H,19,20)/t12-/m1/s1. The number of carbonyl (C=O) groups excluding carboxylic acids is 1. The van der Waals surface area contributed by atoms with Gasteiger partial charge in [0.15, 0.2) is 11.5 Å². The van der Waals surface area contributed by atoms with Gasteiger partial charge in [0.1, 0.15) is 12.6 Å². The summed E-state index contributed by atoms with van der Waals surface area (Å²) >= 11 is 0. The van der Waals surface area contributed by atoms with Gasteiger partial charge >= 0.3 is 5.97 Å². The van der Waals surface area contributed by atoms with Gasteiger partial charge in [0, 0.05) is 12.1 Å². The predicted molar refractivity (Wildman–Crippen MR) is 80.4 cm³/mol. The minimum absolute atomic E-state index is 0.307. The van der Waals surface area contributed by atoms with Crippen LogP contribution >= 0.6 is 0 Å². The highest BCUT2D eigenvalue weighted by molar-refractivity contribution is 5.97. The number of likely N-dealkylation sites (tertiary alicyclic amines) is 1. The summed E-state index contributed by atoms with van der Waals surface area (Å²) in [6, 6.07) is 4.06. The fraction of sp³-hybridized carbons (Fsp3) is 0.375. The predicted octanol–water partition coefficient (Wildman–Crippen LogP) is 1.95. The van der Waals surface area contributed by atoms with Crippen molar-refractivity contribution in [1.29, 1.82) is 0 Å². The van der Waals surface area contributed by atoms with Crippen LogP contribution < -0.4 is 9.47 Å². The summed E-state index contributed by atoms with van der Waals surface area (Å²) in [5.41, 5.74) is 0.385. The maximum Gasteiger partial charge on any atom is 0.326 e. The number of carboxylic acid groups (broad SMARTS) is 1. The number of hydrogen-bond donors (Lipinski definition) is 1. The molecule has 1 aromatic rings. The molecule has 1 aromatic carbocycles. The molecule has 0 bridgehead atoms. The number of benzene rings is 1. The third-order valence-electron chi connectivity index (χ3n) is 3.57. The minimum atomic E-state index is -0.969. The maximum atomic E-state index is 12.5. The van der Waals surface area contributed by atoms with Gasteiger partial charge in [0.2, 0.25) is 0 Å². The van der Waals surface area contributed by atoms with E-state index in [1.165, 1.54) is 12.0 Å². The smallest absolute Gasteiger partial charge is 0.326 e. The maximum absolute atomic E-state index is 12.5. The highest BCUT2D eigenvalue weighted by Crippen LogP contribution is 2.29. The van der Waals surface area contributed by atoms with E-state index in [-0.39, 0.29) is 5.91 Å². The molecule has 1 fully saturated rings. The Labute approximate surface area is 128 Å². The molecule has 22 heavy (non-hydrogen) atoms. The molecule has 0 unspecified atom stereocenters. The van der Waals surface area contributed by atoms with E-state index in [0.29, 0.717) is 43.1 Å². The zero-order chi connectivity index (χ0) is 16.1. The fourth-order valence-corrected chi connectivity index (χ4v) is 2.50. The van der Waals surface area contributed by atoms with E-state index < -0.39 is 12.0 Å². The molecule has 2 rings (SSSR count). The first-order chi connectivity index (χ1) is 10.6. The molecule has 6 heteroatoms. The quantitative estimate of drug-likeness (QED) is 0.813. The van der Waals surface area contributed by atoms with Gasteiger partial charge in [-0.1, -0.05) is 12.7 Å². The molecule has 1 atom stereocenters. The minimum Gasteiger partial charge on any atom is -0.493 e.